The second-order valence-corrected chi connectivity index (χ2v) is 7.51. The average Bonchev–Trinajstić information content (AvgIpc) is 2.90. The van der Waals surface area contributed by atoms with Crippen LogP contribution < -0.4 is 5.32 Å². The lowest BCUT2D eigenvalue weighted by Gasteiger charge is -2.24. The highest BCUT2D eigenvalue weighted by Gasteiger charge is 2.37. The molecule has 1 amide bonds. The molecule has 1 aliphatic rings. The van der Waals surface area contributed by atoms with Crippen molar-refractivity contribution >= 4 is 6.09 Å². The van der Waals surface area contributed by atoms with E-state index in [1.807, 2.05) is 20.8 Å². The van der Waals surface area contributed by atoms with Gasteiger partial charge in [0.2, 0.25) is 0 Å². The molecule has 1 unspecified atom stereocenters. The minimum atomic E-state index is -0.482. The largest absolute Gasteiger partial charge is 0.444 e. The van der Waals surface area contributed by atoms with Crippen molar-refractivity contribution in [3.05, 3.63) is 34.9 Å². The third-order valence-electron chi connectivity index (χ3n) is 4.49. The number of rotatable bonds is 4. The number of hydrogen-bond acceptors (Lipinski definition) is 4. The van der Waals surface area contributed by atoms with E-state index in [1.165, 1.54) is 16.7 Å². The Morgan fingerprint density at radius 2 is 2.00 bits per heavy atom. The Morgan fingerprint density at radius 3 is 2.62 bits per heavy atom. The van der Waals surface area contributed by atoms with Gasteiger partial charge in [-0.05, 0) is 51.3 Å². The number of likely N-dealkylation sites (tertiary alicyclic amines) is 1. The maximum atomic E-state index is 12.3. The lowest BCUT2D eigenvalue weighted by molar-refractivity contribution is 0.0252. The number of nitrogens with one attached hydrogen (secondary N) is 1. The first-order valence-electron chi connectivity index (χ1n) is 8.50. The van der Waals surface area contributed by atoms with Crippen molar-refractivity contribution < 1.29 is 14.3 Å². The summed E-state index contributed by atoms with van der Waals surface area (Å²) in [4.78, 5) is 14.0. The zero-order chi connectivity index (χ0) is 17.9. The monoisotopic (exact) mass is 334 g/mol. The lowest BCUT2D eigenvalue weighted by Crippen LogP contribution is -2.40. The zero-order valence-electron chi connectivity index (χ0n) is 15.7. The van der Waals surface area contributed by atoms with Gasteiger partial charge >= 0.3 is 6.09 Å². The van der Waals surface area contributed by atoms with Crippen LogP contribution in [0.25, 0.3) is 0 Å². The van der Waals surface area contributed by atoms with Crippen LogP contribution in [0.4, 0.5) is 4.79 Å². The molecule has 0 saturated carbocycles. The summed E-state index contributed by atoms with van der Waals surface area (Å²) in [6.07, 6.45) is -0.303. The van der Waals surface area contributed by atoms with Gasteiger partial charge in [-0.3, -0.25) is 0 Å². The van der Waals surface area contributed by atoms with E-state index in [9.17, 15) is 4.79 Å². The molecule has 0 aliphatic carbocycles. The van der Waals surface area contributed by atoms with Crippen LogP contribution in [-0.2, 0) is 16.0 Å². The maximum absolute atomic E-state index is 12.3. The molecule has 1 heterocycles. The number of hydrogen-bond donors (Lipinski definition) is 1. The number of benzene rings is 1. The second-order valence-electron chi connectivity index (χ2n) is 7.51. The van der Waals surface area contributed by atoms with Crippen LogP contribution in [0.3, 0.4) is 0 Å². The van der Waals surface area contributed by atoms with Gasteiger partial charge in [-0.2, -0.15) is 0 Å². The van der Waals surface area contributed by atoms with Crippen LogP contribution in [0.2, 0.25) is 0 Å². The van der Waals surface area contributed by atoms with E-state index in [2.05, 4.69) is 37.4 Å². The molecule has 1 N–H and O–H groups in total. The quantitative estimate of drug-likeness (QED) is 0.919. The third-order valence-corrected chi connectivity index (χ3v) is 4.49. The Hall–Kier alpha value is -1.59. The molecular formula is C19H30N2O3. The van der Waals surface area contributed by atoms with E-state index in [4.69, 9.17) is 9.47 Å². The van der Waals surface area contributed by atoms with Crippen LogP contribution in [0, 0.1) is 13.8 Å². The van der Waals surface area contributed by atoms with Crippen molar-refractivity contribution in [2.45, 2.75) is 58.9 Å². The molecule has 1 aliphatic heterocycles. The number of carbonyl (C=O) groups is 1. The van der Waals surface area contributed by atoms with Crippen LogP contribution in [0.1, 0.15) is 37.5 Å². The molecule has 5 nitrogen and oxygen atoms in total. The van der Waals surface area contributed by atoms with Gasteiger partial charge in [-0.15, -0.1) is 0 Å². The predicted molar refractivity (Wildman–Crippen MR) is 95.1 cm³/mol. The zero-order valence-corrected chi connectivity index (χ0v) is 15.7. The van der Waals surface area contributed by atoms with Crippen molar-refractivity contribution in [2.24, 2.45) is 0 Å². The Kier molecular flexibility index (Phi) is 5.88. The van der Waals surface area contributed by atoms with Gasteiger partial charge in [0.1, 0.15) is 5.60 Å². The molecule has 1 fully saturated rings. The number of ether oxygens (including phenoxy) is 2. The molecule has 0 bridgehead atoms. The first-order chi connectivity index (χ1) is 11.2. The summed E-state index contributed by atoms with van der Waals surface area (Å²) in [5.74, 6) is 0. The number of amides is 1. The van der Waals surface area contributed by atoms with Crippen LogP contribution in [-0.4, -0.2) is 48.9 Å². The fraction of sp³-hybridized carbons (Fsp3) is 0.632. The van der Waals surface area contributed by atoms with Gasteiger partial charge in [-0.1, -0.05) is 18.2 Å². The van der Waals surface area contributed by atoms with Crippen LogP contribution in [0.15, 0.2) is 18.2 Å². The molecule has 2 rings (SSSR count). The number of aryl methyl sites for hydroxylation is 1. The molecule has 1 aromatic rings. The van der Waals surface area contributed by atoms with Crippen molar-refractivity contribution in [2.75, 3.05) is 20.2 Å². The normalized spacial score (nSPS) is 21.2. The van der Waals surface area contributed by atoms with E-state index in [-0.39, 0.29) is 18.2 Å². The van der Waals surface area contributed by atoms with Crippen LogP contribution >= 0.6 is 0 Å². The van der Waals surface area contributed by atoms with E-state index < -0.39 is 5.60 Å². The third kappa shape index (κ3) is 4.71. The summed E-state index contributed by atoms with van der Waals surface area (Å²) in [6.45, 7) is 11.8. The van der Waals surface area contributed by atoms with Gasteiger partial charge in [0.25, 0.3) is 0 Å². The van der Waals surface area contributed by atoms with E-state index in [1.54, 1.807) is 12.0 Å². The summed E-state index contributed by atoms with van der Waals surface area (Å²) >= 11 is 0. The molecule has 0 spiro atoms. The first-order valence-corrected chi connectivity index (χ1v) is 8.50. The first kappa shape index (κ1) is 18.7. The standard InChI is InChI=1S/C19H30N2O3/c1-13-8-7-9-15(14(13)2)10-20-16-11-21(12-17(16)23-6)18(22)24-19(3,4)5/h7-9,16-17,20H,10-12H2,1-6H3/t16?,17-/m0/s1. The highest BCUT2D eigenvalue weighted by atomic mass is 16.6. The summed E-state index contributed by atoms with van der Waals surface area (Å²) < 4.78 is 11.0. The van der Waals surface area contributed by atoms with Gasteiger partial charge in [0, 0.05) is 20.2 Å². The Labute approximate surface area is 145 Å². The topological polar surface area (TPSA) is 50.8 Å². The Morgan fingerprint density at radius 1 is 1.29 bits per heavy atom. The fourth-order valence-corrected chi connectivity index (χ4v) is 2.93. The predicted octanol–water partition coefficient (Wildman–Crippen LogP) is 3.03. The van der Waals surface area contributed by atoms with Gasteiger partial charge in [-0.25, -0.2) is 4.79 Å². The van der Waals surface area contributed by atoms with Crippen molar-refractivity contribution in [1.29, 1.82) is 0 Å². The number of carbonyl (C=O) groups excluding carboxylic acids is 1. The maximum Gasteiger partial charge on any atom is 0.410 e. The van der Waals surface area contributed by atoms with Crippen LogP contribution in [0.5, 0.6) is 0 Å². The molecule has 1 aromatic carbocycles. The SMILES string of the molecule is CO[C@H]1CN(C(=O)OC(C)(C)C)CC1NCc1cccc(C)c1C. The average molecular weight is 334 g/mol. The van der Waals surface area contributed by atoms with Crippen molar-refractivity contribution in [1.82, 2.24) is 10.2 Å². The summed E-state index contributed by atoms with van der Waals surface area (Å²) in [6, 6.07) is 6.44. The second kappa shape index (κ2) is 7.53. The number of nitrogens with zero attached hydrogens (tertiary/aromatic N) is 1. The van der Waals surface area contributed by atoms with Gasteiger partial charge < -0.3 is 19.7 Å². The van der Waals surface area contributed by atoms with Crippen molar-refractivity contribution in [3.63, 3.8) is 0 Å². The molecule has 134 valence electrons. The molecule has 1 saturated heterocycles. The molecule has 2 atom stereocenters. The lowest BCUT2D eigenvalue weighted by atomic mass is 10.0. The molecular weight excluding hydrogens is 304 g/mol. The minimum Gasteiger partial charge on any atom is -0.444 e. The molecule has 24 heavy (non-hydrogen) atoms. The highest BCUT2D eigenvalue weighted by Crippen LogP contribution is 2.19. The number of methoxy groups -OCH3 is 1. The van der Waals surface area contributed by atoms with Crippen molar-refractivity contribution in [3.8, 4) is 0 Å². The van der Waals surface area contributed by atoms with Gasteiger partial charge in [0.15, 0.2) is 0 Å². The summed E-state index contributed by atoms with van der Waals surface area (Å²) in [5, 5.41) is 3.54. The van der Waals surface area contributed by atoms with E-state index in [0.29, 0.717) is 13.1 Å². The van der Waals surface area contributed by atoms with Gasteiger partial charge in [0.05, 0.1) is 18.7 Å². The highest BCUT2D eigenvalue weighted by molar-refractivity contribution is 5.68. The Bertz CT molecular complexity index is 580. The molecule has 0 aromatic heterocycles. The Balaban J connectivity index is 1.97. The summed E-state index contributed by atoms with van der Waals surface area (Å²) in [7, 11) is 1.69. The molecule has 0 radical (unpaired) electrons. The fourth-order valence-electron chi connectivity index (χ4n) is 2.93. The van der Waals surface area contributed by atoms with E-state index >= 15 is 0 Å². The minimum absolute atomic E-state index is 0.0253. The smallest absolute Gasteiger partial charge is 0.410 e. The summed E-state index contributed by atoms with van der Waals surface area (Å²) in [5.41, 5.74) is 3.39. The van der Waals surface area contributed by atoms with E-state index in [0.717, 1.165) is 6.54 Å². The molecule has 5 heteroatoms.